The molecule has 0 amide bonds. The molecule has 0 saturated carbocycles. The molecule has 138 valence electrons. The average molecular weight is 364 g/mol. The zero-order valence-corrected chi connectivity index (χ0v) is 15.4. The summed E-state index contributed by atoms with van der Waals surface area (Å²) in [5, 5.41) is 3.37. The van der Waals surface area contributed by atoms with Crippen LogP contribution in [0.25, 0.3) is 0 Å². The maximum Gasteiger partial charge on any atom is 0.191 e. The van der Waals surface area contributed by atoms with Crippen LogP contribution in [-0.2, 0) is 0 Å². The lowest BCUT2D eigenvalue weighted by molar-refractivity contribution is 0.104. The highest BCUT2D eigenvalue weighted by Crippen LogP contribution is 2.43. The van der Waals surface area contributed by atoms with E-state index in [1.165, 1.54) is 0 Å². The number of nitrogens with one attached hydrogen (secondary N) is 1. The SMILES string of the molecule is COc1cc2c(c(OC)c1C)NC(=CC(=O)c1cccnc1)N1CCN=C21. The van der Waals surface area contributed by atoms with E-state index in [0.29, 0.717) is 30.2 Å². The van der Waals surface area contributed by atoms with Gasteiger partial charge in [-0.05, 0) is 25.1 Å². The van der Waals surface area contributed by atoms with Crippen LogP contribution in [0.2, 0.25) is 0 Å². The normalized spacial score (nSPS) is 16.3. The smallest absolute Gasteiger partial charge is 0.191 e. The minimum Gasteiger partial charge on any atom is -0.496 e. The number of aromatic nitrogens is 1. The van der Waals surface area contributed by atoms with E-state index in [0.717, 1.165) is 28.4 Å². The maximum atomic E-state index is 12.7. The van der Waals surface area contributed by atoms with E-state index in [2.05, 4.69) is 15.3 Å². The molecule has 1 N–H and O–H groups in total. The van der Waals surface area contributed by atoms with Gasteiger partial charge >= 0.3 is 0 Å². The number of hydrogen-bond acceptors (Lipinski definition) is 7. The van der Waals surface area contributed by atoms with Crippen LogP contribution < -0.4 is 14.8 Å². The standard InChI is InChI=1S/C20H20N4O3/c1-12-16(26-2)9-14-18(19(12)27-3)23-17(24-8-7-22-20(14)24)10-15(25)13-5-4-6-21-11-13/h4-6,9-11,23H,7-8H2,1-3H3. The van der Waals surface area contributed by atoms with E-state index in [-0.39, 0.29) is 5.78 Å². The number of ketones is 1. The number of methoxy groups -OCH3 is 2. The molecule has 0 aliphatic carbocycles. The van der Waals surface area contributed by atoms with Gasteiger partial charge in [-0.2, -0.15) is 0 Å². The predicted octanol–water partition coefficient (Wildman–Crippen LogP) is 2.62. The number of hydrogen-bond donors (Lipinski definition) is 1. The number of aliphatic imine (C=N–C) groups is 1. The Bertz CT molecular complexity index is 967. The largest absolute Gasteiger partial charge is 0.496 e. The Morgan fingerprint density at radius 1 is 1.33 bits per heavy atom. The van der Waals surface area contributed by atoms with Crippen LogP contribution in [0, 0.1) is 6.92 Å². The van der Waals surface area contributed by atoms with Gasteiger partial charge in [-0.1, -0.05) is 0 Å². The molecule has 0 atom stereocenters. The average Bonchev–Trinajstić information content (AvgIpc) is 3.19. The lowest BCUT2D eigenvalue weighted by Crippen LogP contribution is -2.37. The molecular formula is C20H20N4O3. The minimum atomic E-state index is -0.121. The fraction of sp³-hybridized carbons (Fsp3) is 0.250. The number of amidine groups is 1. The number of allylic oxidation sites excluding steroid dienone is 1. The van der Waals surface area contributed by atoms with Gasteiger partial charge in [0.05, 0.1) is 26.5 Å². The van der Waals surface area contributed by atoms with Gasteiger partial charge in [0.1, 0.15) is 23.2 Å². The number of nitrogens with zero attached hydrogens (tertiary/aromatic N) is 3. The number of anilines is 1. The Kier molecular flexibility index (Phi) is 4.27. The summed E-state index contributed by atoms with van der Waals surface area (Å²) in [6.07, 6.45) is 4.79. The van der Waals surface area contributed by atoms with Gasteiger partial charge in [0.2, 0.25) is 0 Å². The Morgan fingerprint density at radius 2 is 2.19 bits per heavy atom. The highest BCUT2D eigenvalue weighted by Gasteiger charge is 2.33. The molecule has 0 spiro atoms. The molecule has 7 heteroatoms. The topological polar surface area (TPSA) is 76.1 Å². The van der Waals surface area contributed by atoms with Crippen molar-refractivity contribution in [2.24, 2.45) is 4.99 Å². The van der Waals surface area contributed by atoms with Crippen molar-refractivity contribution in [3.63, 3.8) is 0 Å². The molecule has 0 radical (unpaired) electrons. The van der Waals surface area contributed by atoms with E-state index >= 15 is 0 Å². The van der Waals surface area contributed by atoms with Crippen molar-refractivity contribution >= 4 is 17.3 Å². The molecule has 2 aliphatic rings. The second-order valence-electron chi connectivity index (χ2n) is 6.28. The Labute approximate surface area is 157 Å². The third-order valence-electron chi connectivity index (χ3n) is 4.75. The van der Waals surface area contributed by atoms with E-state index in [1.54, 1.807) is 44.8 Å². The van der Waals surface area contributed by atoms with Crippen LogP contribution in [0.5, 0.6) is 11.5 Å². The van der Waals surface area contributed by atoms with Crippen molar-refractivity contribution in [3.8, 4) is 11.5 Å². The van der Waals surface area contributed by atoms with Crippen molar-refractivity contribution in [2.75, 3.05) is 32.6 Å². The van der Waals surface area contributed by atoms with Crippen molar-refractivity contribution in [2.45, 2.75) is 6.92 Å². The zero-order valence-electron chi connectivity index (χ0n) is 15.4. The number of carbonyl (C=O) groups is 1. The van der Waals surface area contributed by atoms with Crippen LogP contribution in [0.15, 0.2) is 47.5 Å². The molecular weight excluding hydrogens is 344 g/mol. The lowest BCUT2D eigenvalue weighted by atomic mass is 10.0. The first kappa shape index (κ1) is 17.1. The van der Waals surface area contributed by atoms with Crippen molar-refractivity contribution in [1.82, 2.24) is 9.88 Å². The van der Waals surface area contributed by atoms with E-state index in [1.807, 2.05) is 17.9 Å². The van der Waals surface area contributed by atoms with Crippen LogP contribution in [0.4, 0.5) is 5.69 Å². The van der Waals surface area contributed by atoms with Gasteiger partial charge < -0.3 is 19.7 Å². The number of carbonyl (C=O) groups excluding carboxylic acids is 1. The molecule has 2 aromatic rings. The van der Waals surface area contributed by atoms with Crippen molar-refractivity contribution in [3.05, 3.63) is 59.2 Å². The van der Waals surface area contributed by atoms with E-state index < -0.39 is 0 Å². The summed E-state index contributed by atoms with van der Waals surface area (Å²) >= 11 is 0. The van der Waals surface area contributed by atoms with Gasteiger partial charge in [-0.3, -0.25) is 14.8 Å². The summed E-state index contributed by atoms with van der Waals surface area (Å²) in [7, 11) is 3.26. The number of benzene rings is 1. The number of fused-ring (bicyclic) bond motifs is 3. The molecule has 3 heterocycles. The fourth-order valence-electron chi connectivity index (χ4n) is 3.44. The Balaban J connectivity index is 1.82. The molecule has 0 saturated heterocycles. The summed E-state index contributed by atoms with van der Waals surface area (Å²) in [5.41, 5.74) is 3.11. The first-order valence-electron chi connectivity index (χ1n) is 8.65. The summed E-state index contributed by atoms with van der Waals surface area (Å²) in [4.78, 5) is 23.3. The molecule has 7 nitrogen and oxygen atoms in total. The first-order chi connectivity index (χ1) is 13.1. The third-order valence-corrected chi connectivity index (χ3v) is 4.75. The van der Waals surface area contributed by atoms with Gasteiger partial charge in [-0.25, -0.2) is 0 Å². The van der Waals surface area contributed by atoms with Gasteiger partial charge in [-0.15, -0.1) is 0 Å². The van der Waals surface area contributed by atoms with Gasteiger partial charge in [0, 0.05) is 41.7 Å². The maximum absolute atomic E-state index is 12.7. The Morgan fingerprint density at radius 3 is 2.89 bits per heavy atom. The quantitative estimate of drug-likeness (QED) is 0.664. The molecule has 1 aromatic carbocycles. The molecule has 0 unspecified atom stereocenters. The van der Waals surface area contributed by atoms with Crippen LogP contribution >= 0.6 is 0 Å². The number of pyridine rings is 1. The second-order valence-corrected chi connectivity index (χ2v) is 6.28. The molecule has 0 bridgehead atoms. The third kappa shape index (κ3) is 2.81. The van der Waals surface area contributed by atoms with Gasteiger partial charge in [0.25, 0.3) is 0 Å². The molecule has 4 rings (SSSR count). The lowest BCUT2D eigenvalue weighted by Gasteiger charge is -2.33. The van der Waals surface area contributed by atoms with Crippen LogP contribution in [0.3, 0.4) is 0 Å². The predicted molar refractivity (Wildman–Crippen MR) is 103 cm³/mol. The fourth-order valence-corrected chi connectivity index (χ4v) is 3.44. The highest BCUT2D eigenvalue weighted by molar-refractivity contribution is 6.11. The van der Waals surface area contributed by atoms with Crippen LogP contribution in [0.1, 0.15) is 21.5 Å². The molecule has 1 aromatic heterocycles. The summed E-state index contributed by atoms with van der Waals surface area (Å²) in [5.74, 6) is 2.78. The van der Waals surface area contributed by atoms with Gasteiger partial charge in [0.15, 0.2) is 5.78 Å². The van der Waals surface area contributed by atoms with E-state index in [4.69, 9.17) is 9.47 Å². The summed E-state index contributed by atoms with van der Waals surface area (Å²) in [6, 6.07) is 5.45. The summed E-state index contributed by atoms with van der Waals surface area (Å²) < 4.78 is 11.1. The Hall–Kier alpha value is -3.35. The van der Waals surface area contributed by atoms with Crippen LogP contribution in [-0.4, -0.2) is 48.8 Å². The van der Waals surface area contributed by atoms with Crippen molar-refractivity contribution in [1.29, 1.82) is 0 Å². The summed E-state index contributed by atoms with van der Waals surface area (Å²) in [6.45, 7) is 3.30. The minimum absolute atomic E-state index is 0.121. The second kappa shape index (κ2) is 6.75. The number of ether oxygens (including phenoxy) is 2. The van der Waals surface area contributed by atoms with E-state index in [9.17, 15) is 4.79 Å². The first-order valence-corrected chi connectivity index (χ1v) is 8.65. The molecule has 0 fully saturated rings. The molecule has 2 aliphatic heterocycles. The highest BCUT2D eigenvalue weighted by atomic mass is 16.5. The zero-order chi connectivity index (χ0) is 19.0. The van der Waals surface area contributed by atoms with Crippen molar-refractivity contribution < 1.29 is 14.3 Å². The molecule has 27 heavy (non-hydrogen) atoms. The monoisotopic (exact) mass is 364 g/mol. The number of rotatable bonds is 4.